The SMILES string of the molecule is COCCOc1cccc(NCC(=O)N(C)C2CCCCC2)c1. The van der Waals surface area contributed by atoms with Crippen LogP contribution in [0.3, 0.4) is 0 Å². The molecule has 0 saturated heterocycles. The van der Waals surface area contributed by atoms with Gasteiger partial charge < -0.3 is 19.7 Å². The Morgan fingerprint density at radius 1 is 1.26 bits per heavy atom. The Bertz CT molecular complexity index is 487. The van der Waals surface area contributed by atoms with E-state index in [4.69, 9.17) is 9.47 Å². The molecule has 5 heteroatoms. The number of anilines is 1. The van der Waals surface area contributed by atoms with E-state index in [9.17, 15) is 4.79 Å². The molecule has 0 spiro atoms. The number of hydrogen-bond acceptors (Lipinski definition) is 4. The smallest absolute Gasteiger partial charge is 0.241 e. The van der Waals surface area contributed by atoms with Gasteiger partial charge in [0.15, 0.2) is 0 Å². The fourth-order valence-electron chi connectivity index (χ4n) is 2.91. The van der Waals surface area contributed by atoms with Crippen LogP contribution in [0.25, 0.3) is 0 Å². The summed E-state index contributed by atoms with van der Waals surface area (Å²) in [6.07, 6.45) is 6.02. The summed E-state index contributed by atoms with van der Waals surface area (Å²) >= 11 is 0. The second-order valence-electron chi connectivity index (χ2n) is 6.02. The first kappa shape index (κ1) is 17.6. The molecule has 0 atom stereocenters. The van der Waals surface area contributed by atoms with Gasteiger partial charge in [0.25, 0.3) is 0 Å². The van der Waals surface area contributed by atoms with Crippen molar-refractivity contribution in [3.8, 4) is 5.75 Å². The molecule has 1 aromatic carbocycles. The summed E-state index contributed by atoms with van der Waals surface area (Å²) in [5, 5.41) is 3.19. The van der Waals surface area contributed by atoms with Gasteiger partial charge >= 0.3 is 0 Å². The van der Waals surface area contributed by atoms with Crippen LogP contribution in [-0.4, -0.2) is 50.8 Å². The lowest BCUT2D eigenvalue weighted by Crippen LogP contribution is -2.41. The molecule has 0 unspecified atom stereocenters. The zero-order valence-corrected chi connectivity index (χ0v) is 14.2. The number of nitrogens with one attached hydrogen (secondary N) is 1. The van der Waals surface area contributed by atoms with E-state index in [1.807, 2.05) is 36.2 Å². The zero-order chi connectivity index (χ0) is 16.5. The molecule has 0 radical (unpaired) electrons. The molecule has 1 amide bonds. The predicted molar refractivity (Wildman–Crippen MR) is 91.9 cm³/mol. The highest BCUT2D eigenvalue weighted by molar-refractivity contribution is 5.81. The minimum atomic E-state index is 0.141. The number of hydrogen-bond donors (Lipinski definition) is 1. The van der Waals surface area contributed by atoms with Gasteiger partial charge in [-0.1, -0.05) is 25.3 Å². The molecule has 1 aromatic rings. The maximum atomic E-state index is 12.3. The molecule has 0 aromatic heterocycles. The molecule has 1 aliphatic carbocycles. The van der Waals surface area contributed by atoms with E-state index >= 15 is 0 Å². The summed E-state index contributed by atoms with van der Waals surface area (Å²) in [4.78, 5) is 14.2. The molecule has 23 heavy (non-hydrogen) atoms. The number of nitrogens with zero attached hydrogens (tertiary/aromatic N) is 1. The molecule has 1 N–H and O–H groups in total. The van der Waals surface area contributed by atoms with Gasteiger partial charge in [-0.05, 0) is 25.0 Å². The lowest BCUT2D eigenvalue weighted by molar-refractivity contribution is -0.130. The number of amides is 1. The second kappa shape index (κ2) is 9.40. The third kappa shape index (κ3) is 5.75. The summed E-state index contributed by atoms with van der Waals surface area (Å²) in [5.41, 5.74) is 0.894. The minimum absolute atomic E-state index is 0.141. The zero-order valence-electron chi connectivity index (χ0n) is 14.2. The number of likely N-dealkylation sites (N-methyl/N-ethyl adjacent to an activating group) is 1. The van der Waals surface area contributed by atoms with E-state index in [1.54, 1.807) is 7.11 Å². The van der Waals surface area contributed by atoms with Gasteiger partial charge in [0, 0.05) is 32.0 Å². The molecular formula is C18H28N2O3. The maximum Gasteiger partial charge on any atom is 0.241 e. The summed E-state index contributed by atoms with van der Waals surface area (Å²) in [7, 11) is 3.57. The summed E-state index contributed by atoms with van der Waals surface area (Å²) in [6.45, 7) is 1.39. The molecule has 1 aliphatic rings. The predicted octanol–water partition coefficient (Wildman–Crippen LogP) is 2.91. The topological polar surface area (TPSA) is 50.8 Å². The molecule has 0 bridgehead atoms. The second-order valence-corrected chi connectivity index (χ2v) is 6.02. The number of rotatable bonds is 8. The van der Waals surface area contributed by atoms with E-state index in [2.05, 4.69) is 5.32 Å². The van der Waals surface area contributed by atoms with Crippen molar-refractivity contribution < 1.29 is 14.3 Å². The van der Waals surface area contributed by atoms with Crippen molar-refractivity contribution >= 4 is 11.6 Å². The molecule has 1 saturated carbocycles. The highest BCUT2D eigenvalue weighted by Gasteiger charge is 2.21. The first-order chi connectivity index (χ1) is 11.2. The molecule has 2 rings (SSSR count). The van der Waals surface area contributed by atoms with Gasteiger partial charge in [-0.3, -0.25) is 4.79 Å². The van der Waals surface area contributed by atoms with Crippen LogP contribution in [0.2, 0.25) is 0 Å². The Labute approximate surface area is 139 Å². The number of carbonyl (C=O) groups is 1. The van der Waals surface area contributed by atoms with Crippen LogP contribution in [0, 0.1) is 0 Å². The molecule has 5 nitrogen and oxygen atoms in total. The summed E-state index contributed by atoms with van der Waals surface area (Å²) < 4.78 is 10.5. The van der Waals surface area contributed by atoms with Crippen molar-refractivity contribution in [3.05, 3.63) is 24.3 Å². The third-order valence-electron chi connectivity index (χ3n) is 4.35. The monoisotopic (exact) mass is 320 g/mol. The highest BCUT2D eigenvalue weighted by atomic mass is 16.5. The van der Waals surface area contributed by atoms with Gasteiger partial charge in [0.1, 0.15) is 12.4 Å². The Morgan fingerprint density at radius 2 is 2.04 bits per heavy atom. The van der Waals surface area contributed by atoms with E-state index in [0.717, 1.165) is 24.3 Å². The van der Waals surface area contributed by atoms with E-state index in [0.29, 0.717) is 25.8 Å². The summed E-state index contributed by atoms with van der Waals surface area (Å²) in [5.74, 6) is 0.919. The van der Waals surface area contributed by atoms with Crippen LogP contribution in [0.5, 0.6) is 5.75 Å². The van der Waals surface area contributed by atoms with Crippen LogP contribution >= 0.6 is 0 Å². The van der Waals surface area contributed by atoms with Gasteiger partial charge in [-0.25, -0.2) is 0 Å². The number of ether oxygens (including phenoxy) is 2. The first-order valence-corrected chi connectivity index (χ1v) is 8.42. The molecule has 0 heterocycles. The fourth-order valence-corrected chi connectivity index (χ4v) is 2.91. The van der Waals surface area contributed by atoms with Crippen LogP contribution in [0.4, 0.5) is 5.69 Å². The van der Waals surface area contributed by atoms with E-state index < -0.39 is 0 Å². The van der Waals surface area contributed by atoms with Crippen LogP contribution in [0.15, 0.2) is 24.3 Å². The van der Waals surface area contributed by atoms with Crippen molar-refractivity contribution in [1.82, 2.24) is 4.90 Å². The van der Waals surface area contributed by atoms with Crippen molar-refractivity contribution in [3.63, 3.8) is 0 Å². The average Bonchev–Trinajstić information content (AvgIpc) is 2.60. The lowest BCUT2D eigenvalue weighted by Gasteiger charge is -2.31. The molecule has 128 valence electrons. The number of carbonyl (C=O) groups excluding carboxylic acids is 1. The Morgan fingerprint density at radius 3 is 2.78 bits per heavy atom. The average molecular weight is 320 g/mol. The Kier molecular flexibility index (Phi) is 7.20. The normalized spacial score (nSPS) is 15.2. The summed E-state index contributed by atoms with van der Waals surface area (Å²) in [6, 6.07) is 8.07. The maximum absolute atomic E-state index is 12.3. The van der Waals surface area contributed by atoms with Crippen LogP contribution in [-0.2, 0) is 9.53 Å². The van der Waals surface area contributed by atoms with Crippen molar-refractivity contribution in [2.75, 3.05) is 39.2 Å². The van der Waals surface area contributed by atoms with Crippen molar-refractivity contribution in [1.29, 1.82) is 0 Å². The molecular weight excluding hydrogens is 292 g/mol. The highest BCUT2D eigenvalue weighted by Crippen LogP contribution is 2.22. The molecule has 1 fully saturated rings. The Balaban J connectivity index is 1.80. The van der Waals surface area contributed by atoms with Gasteiger partial charge in [-0.15, -0.1) is 0 Å². The van der Waals surface area contributed by atoms with Crippen LogP contribution < -0.4 is 10.1 Å². The minimum Gasteiger partial charge on any atom is -0.491 e. The third-order valence-corrected chi connectivity index (χ3v) is 4.35. The standard InChI is InChI=1S/C18H28N2O3/c1-20(16-8-4-3-5-9-16)18(21)14-19-15-7-6-10-17(13-15)23-12-11-22-2/h6-7,10,13,16,19H,3-5,8-9,11-12,14H2,1-2H3. The quantitative estimate of drug-likeness (QED) is 0.748. The van der Waals surface area contributed by atoms with Gasteiger partial charge in [-0.2, -0.15) is 0 Å². The fraction of sp³-hybridized carbons (Fsp3) is 0.611. The van der Waals surface area contributed by atoms with E-state index in [-0.39, 0.29) is 5.91 Å². The van der Waals surface area contributed by atoms with Gasteiger partial charge in [0.05, 0.1) is 13.2 Å². The largest absolute Gasteiger partial charge is 0.491 e. The molecule has 0 aliphatic heterocycles. The number of benzene rings is 1. The number of methoxy groups -OCH3 is 1. The van der Waals surface area contributed by atoms with Crippen molar-refractivity contribution in [2.24, 2.45) is 0 Å². The van der Waals surface area contributed by atoms with Gasteiger partial charge in [0.2, 0.25) is 5.91 Å². The lowest BCUT2D eigenvalue weighted by atomic mass is 9.94. The van der Waals surface area contributed by atoms with Crippen molar-refractivity contribution in [2.45, 2.75) is 38.1 Å². The van der Waals surface area contributed by atoms with Crippen LogP contribution in [0.1, 0.15) is 32.1 Å². The van der Waals surface area contributed by atoms with E-state index in [1.165, 1.54) is 19.3 Å². The Hall–Kier alpha value is -1.75. The first-order valence-electron chi connectivity index (χ1n) is 8.42.